The number of nitrogens with one attached hydrogen (secondary N) is 1. The zero-order valence-electron chi connectivity index (χ0n) is 14.5. The Kier molecular flexibility index (Phi) is 3.31. The molecular formula is C18H22N6O. The summed E-state index contributed by atoms with van der Waals surface area (Å²) in [6, 6.07) is 7.15. The molecule has 1 aromatic carbocycles. The van der Waals surface area contributed by atoms with Gasteiger partial charge >= 0.3 is 6.01 Å². The maximum Gasteiger partial charge on any atom is 0.324 e. The van der Waals surface area contributed by atoms with Gasteiger partial charge < -0.3 is 14.7 Å². The normalized spacial score (nSPS) is 23.1. The number of benzene rings is 1. The number of aromatic nitrogens is 4. The lowest BCUT2D eigenvalue weighted by atomic mass is 10.0. The first-order valence-corrected chi connectivity index (χ1v) is 8.96. The SMILES string of the molecule is CC(C)n1ncc2ccc(-c3noc(N4CC5CNC[C@H]5C4)n3)cc21. The molecule has 0 saturated carbocycles. The Morgan fingerprint density at radius 2 is 2.00 bits per heavy atom. The van der Waals surface area contributed by atoms with E-state index in [9.17, 15) is 0 Å². The van der Waals surface area contributed by atoms with Gasteiger partial charge in [0.1, 0.15) is 0 Å². The lowest BCUT2D eigenvalue weighted by Gasteiger charge is -2.12. The van der Waals surface area contributed by atoms with Crippen LogP contribution in [-0.4, -0.2) is 46.1 Å². The minimum Gasteiger partial charge on any atom is -0.324 e. The van der Waals surface area contributed by atoms with Crippen LogP contribution in [0.4, 0.5) is 6.01 Å². The Hall–Kier alpha value is -2.41. The summed E-state index contributed by atoms with van der Waals surface area (Å²) in [4.78, 5) is 6.88. The summed E-state index contributed by atoms with van der Waals surface area (Å²) >= 11 is 0. The van der Waals surface area contributed by atoms with Crippen LogP contribution in [0.5, 0.6) is 0 Å². The topological polar surface area (TPSA) is 72.0 Å². The van der Waals surface area contributed by atoms with Gasteiger partial charge in [0.15, 0.2) is 0 Å². The largest absolute Gasteiger partial charge is 0.324 e. The Bertz CT molecular complexity index is 901. The van der Waals surface area contributed by atoms with Crippen molar-refractivity contribution in [3.63, 3.8) is 0 Å². The maximum absolute atomic E-state index is 5.56. The van der Waals surface area contributed by atoms with Crippen LogP contribution < -0.4 is 10.2 Å². The van der Waals surface area contributed by atoms with Crippen molar-refractivity contribution in [2.45, 2.75) is 19.9 Å². The molecule has 2 saturated heterocycles. The highest BCUT2D eigenvalue weighted by molar-refractivity contribution is 5.83. The summed E-state index contributed by atoms with van der Waals surface area (Å²) in [5.74, 6) is 2.04. The molecule has 25 heavy (non-hydrogen) atoms. The summed E-state index contributed by atoms with van der Waals surface area (Å²) in [5.41, 5.74) is 2.06. The highest BCUT2D eigenvalue weighted by atomic mass is 16.5. The molecule has 7 nitrogen and oxygen atoms in total. The molecule has 2 atom stereocenters. The number of nitrogens with zero attached hydrogens (tertiary/aromatic N) is 5. The Labute approximate surface area is 146 Å². The second kappa shape index (κ2) is 5.56. The minimum atomic E-state index is 0.311. The van der Waals surface area contributed by atoms with Crippen molar-refractivity contribution in [3.8, 4) is 11.4 Å². The van der Waals surface area contributed by atoms with Gasteiger partial charge in [-0.25, -0.2) is 0 Å². The number of hydrogen-bond donors (Lipinski definition) is 1. The Morgan fingerprint density at radius 3 is 2.76 bits per heavy atom. The van der Waals surface area contributed by atoms with Gasteiger partial charge in [0.05, 0.1) is 11.7 Å². The summed E-state index contributed by atoms with van der Waals surface area (Å²) in [6.07, 6.45) is 1.90. The van der Waals surface area contributed by atoms with Gasteiger partial charge in [-0.2, -0.15) is 10.1 Å². The zero-order chi connectivity index (χ0) is 17.0. The lowest BCUT2D eigenvalue weighted by molar-refractivity contribution is 0.417. The summed E-state index contributed by atoms with van der Waals surface area (Å²) in [7, 11) is 0. The predicted molar refractivity (Wildman–Crippen MR) is 95.5 cm³/mol. The zero-order valence-corrected chi connectivity index (χ0v) is 14.5. The lowest BCUT2D eigenvalue weighted by Crippen LogP contribution is -2.25. The molecule has 4 heterocycles. The van der Waals surface area contributed by atoms with E-state index < -0.39 is 0 Å². The van der Waals surface area contributed by atoms with Crippen LogP contribution in [0.2, 0.25) is 0 Å². The fourth-order valence-electron chi connectivity index (χ4n) is 4.06. The van der Waals surface area contributed by atoms with E-state index in [1.807, 2.05) is 16.9 Å². The van der Waals surface area contributed by atoms with Gasteiger partial charge in [-0.15, -0.1) is 0 Å². The molecular weight excluding hydrogens is 316 g/mol. The predicted octanol–water partition coefficient (Wildman–Crippen LogP) is 2.32. The third kappa shape index (κ3) is 2.41. The highest BCUT2D eigenvalue weighted by Gasteiger charge is 2.38. The quantitative estimate of drug-likeness (QED) is 0.790. The van der Waals surface area contributed by atoms with E-state index in [1.54, 1.807) is 0 Å². The third-order valence-electron chi connectivity index (χ3n) is 5.42. The van der Waals surface area contributed by atoms with Crippen LogP contribution >= 0.6 is 0 Å². The van der Waals surface area contributed by atoms with Crippen LogP contribution in [-0.2, 0) is 0 Å². The van der Waals surface area contributed by atoms with Gasteiger partial charge in [-0.05, 0) is 31.7 Å². The molecule has 2 aromatic heterocycles. The third-order valence-corrected chi connectivity index (χ3v) is 5.42. The average molecular weight is 338 g/mol. The van der Waals surface area contributed by atoms with Gasteiger partial charge in [0.25, 0.3) is 0 Å². The molecule has 0 aliphatic carbocycles. The van der Waals surface area contributed by atoms with Crippen molar-refractivity contribution in [2.24, 2.45) is 11.8 Å². The highest BCUT2D eigenvalue weighted by Crippen LogP contribution is 2.31. The van der Waals surface area contributed by atoms with Gasteiger partial charge in [-0.1, -0.05) is 17.3 Å². The second-order valence-corrected chi connectivity index (χ2v) is 7.44. The minimum absolute atomic E-state index is 0.311. The van der Waals surface area contributed by atoms with Crippen LogP contribution in [0.25, 0.3) is 22.3 Å². The molecule has 0 bridgehead atoms. The molecule has 130 valence electrons. The Morgan fingerprint density at radius 1 is 1.20 bits per heavy atom. The summed E-state index contributed by atoms with van der Waals surface area (Å²) < 4.78 is 7.58. The van der Waals surface area contributed by atoms with E-state index in [1.165, 1.54) is 0 Å². The molecule has 3 aromatic rings. The Balaban J connectivity index is 1.45. The first kappa shape index (κ1) is 14.9. The van der Waals surface area contributed by atoms with E-state index in [2.05, 4.69) is 51.4 Å². The number of anilines is 1. The molecule has 2 aliphatic rings. The van der Waals surface area contributed by atoms with Gasteiger partial charge in [0, 0.05) is 43.2 Å². The molecule has 0 spiro atoms. The maximum atomic E-state index is 5.56. The first-order valence-electron chi connectivity index (χ1n) is 8.96. The van der Waals surface area contributed by atoms with Crippen molar-refractivity contribution < 1.29 is 4.52 Å². The molecule has 2 aliphatic heterocycles. The fraction of sp³-hybridized carbons (Fsp3) is 0.500. The molecule has 0 radical (unpaired) electrons. The van der Waals surface area contributed by atoms with E-state index in [0.717, 1.165) is 42.6 Å². The molecule has 1 unspecified atom stereocenters. The van der Waals surface area contributed by atoms with Crippen molar-refractivity contribution in [1.82, 2.24) is 25.2 Å². The van der Waals surface area contributed by atoms with E-state index in [4.69, 9.17) is 4.52 Å². The summed E-state index contributed by atoms with van der Waals surface area (Å²) in [5, 5.41) is 13.3. The van der Waals surface area contributed by atoms with Gasteiger partial charge in [-0.3, -0.25) is 4.68 Å². The summed E-state index contributed by atoms with van der Waals surface area (Å²) in [6.45, 7) is 8.45. The van der Waals surface area contributed by atoms with Crippen LogP contribution in [0.15, 0.2) is 28.9 Å². The van der Waals surface area contributed by atoms with Crippen molar-refractivity contribution in [3.05, 3.63) is 24.4 Å². The van der Waals surface area contributed by atoms with Crippen LogP contribution in [0.1, 0.15) is 19.9 Å². The molecule has 5 rings (SSSR count). The van der Waals surface area contributed by atoms with Crippen molar-refractivity contribution in [2.75, 3.05) is 31.1 Å². The van der Waals surface area contributed by atoms with Crippen molar-refractivity contribution >= 4 is 16.9 Å². The smallest absolute Gasteiger partial charge is 0.324 e. The second-order valence-electron chi connectivity index (χ2n) is 7.44. The van der Waals surface area contributed by atoms with E-state index in [-0.39, 0.29) is 0 Å². The molecule has 1 N–H and O–H groups in total. The van der Waals surface area contributed by atoms with E-state index >= 15 is 0 Å². The molecule has 0 amide bonds. The van der Waals surface area contributed by atoms with Crippen LogP contribution in [0, 0.1) is 11.8 Å². The molecule has 7 heteroatoms. The van der Waals surface area contributed by atoms with Crippen LogP contribution in [0.3, 0.4) is 0 Å². The first-order chi connectivity index (χ1) is 12.2. The number of hydrogen-bond acceptors (Lipinski definition) is 6. The number of fused-ring (bicyclic) bond motifs is 2. The fourth-order valence-corrected chi connectivity index (χ4v) is 4.06. The van der Waals surface area contributed by atoms with Gasteiger partial charge in [0.2, 0.25) is 5.82 Å². The van der Waals surface area contributed by atoms with E-state index in [0.29, 0.717) is 29.7 Å². The van der Waals surface area contributed by atoms with Crippen molar-refractivity contribution in [1.29, 1.82) is 0 Å². The average Bonchev–Trinajstić information content (AvgIpc) is 3.34. The monoisotopic (exact) mass is 338 g/mol. The molecule has 2 fully saturated rings. The standard InChI is InChI=1S/C18H22N6O/c1-11(2)24-16-5-12(3-4-13(16)8-20-24)17-21-18(25-22-17)23-9-14-6-19-7-15(14)10-23/h3-5,8,11,14-15,19H,6-7,9-10H2,1-2H3/t14-,15?/m0/s1. The number of rotatable bonds is 3.